The first kappa shape index (κ1) is 13.9. The lowest BCUT2D eigenvalue weighted by atomic mass is 9.94. The van der Waals surface area contributed by atoms with E-state index in [9.17, 15) is 4.39 Å². The quantitative estimate of drug-likeness (QED) is 0.882. The molecule has 1 unspecified atom stereocenters. The Bertz CT molecular complexity index is 456. The molecule has 0 aromatic heterocycles. The highest BCUT2D eigenvalue weighted by atomic mass is 19.1. The Hall–Kier alpha value is -1.09. The minimum atomic E-state index is -0.120. The number of piperidine rings is 1. The van der Waals surface area contributed by atoms with Crippen molar-refractivity contribution in [3.05, 3.63) is 29.6 Å². The predicted octanol–water partition coefficient (Wildman–Crippen LogP) is 3.70. The Morgan fingerprint density at radius 3 is 2.90 bits per heavy atom. The van der Waals surface area contributed by atoms with Gasteiger partial charge in [-0.2, -0.15) is 0 Å². The van der Waals surface area contributed by atoms with Gasteiger partial charge in [-0.15, -0.1) is 0 Å². The van der Waals surface area contributed by atoms with Gasteiger partial charge in [0.2, 0.25) is 0 Å². The van der Waals surface area contributed by atoms with Crippen LogP contribution in [0.2, 0.25) is 0 Å². The van der Waals surface area contributed by atoms with Crippen LogP contribution in [0.15, 0.2) is 18.2 Å². The summed E-state index contributed by atoms with van der Waals surface area (Å²) < 4.78 is 13.6. The highest BCUT2D eigenvalue weighted by Gasteiger charge is 2.23. The van der Waals surface area contributed by atoms with Gasteiger partial charge in [0.1, 0.15) is 5.82 Å². The minimum Gasteiger partial charge on any atom is -0.371 e. The lowest BCUT2D eigenvalue weighted by Crippen LogP contribution is -2.36. The van der Waals surface area contributed by atoms with Crippen LogP contribution in [-0.4, -0.2) is 19.1 Å². The van der Waals surface area contributed by atoms with Crippen LogP contribution >= 0.6 is 0 Å². The highest BCUT2D eigenvalue weighted by molar-refractivity contribution is 5.54. The van der Waals surface area contributed by atoms with Gasteiger partial charge in [0.25, 0.3) is 0 Å². The van der Waals surface area contributed by atoms with Crippen molar-refractivity contribution in [1.29, 1.82) is 0 Å². The normalized spacial score (nSPS) is 23.1. The van der Waals surface area contributed by atoms with Crippen LogP contribution in [-0.2, 0) is 6.54 Å². The second-order valence-corrected chi connectivity index (χ2v) is 6.29. The molecule has 110 valence electrons. The van der Waals surface area contributed by atoms with Crippen molar-refractivity contribution in [3.63, 3.8) is 0 Å². The topological polar surface area (TPSA) is 15.3 Å². The standard InChI is InChI=1S/C17H25FN2/c1-2-13-4-3-9-20(12-13)17-8-5-15(18)10-14(17)11-19-16-6-7-16/h5,8,10,13,16,19H,2-4,6-7,9,11-12H2,1H3. The molecule has 2 nitrogen and oxygen atoms in total. The fourth-order valence-corrected chi connectivity index (χ4v) is 3.16. The molecule has 2 fully saturated rings. The van der Waals surface area contributed by atoms with E-state index in [2.05, 4.69) is 17.1 Å². The predicted molar refractivity (Wildman–Crippen MR) is 81.5 cm³/mol. The molecule has 0 bridgehead atoms. The average molecular weight is 276 g/mol. The largest absolute Gasteiger partial charge is 0.371 e. The molecule has 1 saturated heterocycles. The SMILES string of the molecule is CCC1CCCN(c2ccc(F)cc2CNC2CC2)C1. The van der Waals surface area contributed by atoms with E-state index in [-0.39, 0.29) is 5.82 Å². The van der Waals surface area contributed by atoms with Crippen LogP contribution in [0.4, 0.5) is 10.1 Å². The van der Waals surface area contributed by atoms with Crippen LogP contribution in [0.1, 0.15) is 44.6 Å². The molecule has 0 spiro atoms. The maximum absolute atomic E-state index is 13.6. The number of hydrogen-bond donors (Lipinski definition) is 1. The third-order valence-electron chi connectivity index (χ3n) is 4.64. The van der Waals surface area contributed by atoms with E-state index in [1.54, 1.807) is 12.1 Å². The zero-order chi connectivity index (χ0) is 13.9. The van der Waals surface area contributed by atoms with Gasteiger partial charge in [-0.1, -0.05) is 13.3 Å². The van der Waals surface area contributed by atoms with Crippen molar-refractivity contribution in [3.8, 4) is 0 Å². The summed E-state index contributed by atoms with van der Waals surface area (Å²) >= 11 is 0. The number of benzene rings is 1. The summed E-state index contributed by atoms with van der Waals surface area (Å²) in [6, 6.07) is 5.94. The first-order valence-electron chi connectivity index (χ1n) is 8.03. The van der Waals surface area contributed by atoms with Crippen molar-refractivity contribution >= 4 is 5.69 Å². The van der Waals surface area contributed by atoms with Crippen molar-refractivity contribution < 1.29 is 4.39 Å². The van der Waals surface area contributed by atoms with E-state index >= 15 is 0 Å². The van der Waals surface area contributed by atoms with Gasteiger partial charge in [0.15, 0.2) is 0 Å². The van der Waals surface area contributed by atoms with Crippen molar-refractivity contribution in [2.75, 3.05) is 18.0 Å². The van der Waals surface area contributed by atoms with Gasteiger partial charge in [0.05, 0.1) is 0 Å². The zero-order valence-corrected chi connectivity index (χ0v) is 12.4. The Labute approximate surface area is 121 Å². The summed E-state index contributed by atoms with van der Waals surface area (Å²) in [5.74, 6) is 0.670. The molecule has 0 amide bonds. The van der Waals surface area contributed by atoms with Crippen molar-refractivity contribution in [2.24, 2.45) is 5.92 Å². The molecular weight excluding hydrogens is 251 g/mol. The van der Waals surface area contributed by atoms with Gasteiger partial charge < -0.3 is 10.2 Å². The fraction of sp³-hybridized carbons (Fsp3) is 0.647. The number of halogens is 1. The van der Waals surface area contributed by atoms with Gasteiger partial charge >= 0.3 is 0 Å². The van der Waals surface area contributed by atoms with Crippen LogP contribution in [0.3, 0.4) is 0 Å². The molecule has 1 atom stereocenters. The van der Waals surface area contributed by atoms with E-state index in [0.29, 0.717) is 6.04 Å². The van der Waals surface area contributed by atoms with E-state index in [1.807, 2.05) is 6.07 Å². The number of nitrogens with one attached hydrogen (secondary N) is 1. The van der Waals surface area contributed by atoms with E-state index in [0.717, 1.165) is 31.1 Å². The molecule has 3 rings (SSSR count). The molecule has 1 saturated carbocycles. The number of anilines is 1. The second-order valence-electron chi connectivity index (χ2n) is 6.29. The summed E-state index contributed by atoms with van der Waals surface area (Å²) in [5.41, 5.74) is 2.35. The molecule has 0 radical (unpaired) electrons. The second kappa shape index (κ2) is 6.13. The average Bonchev–Trinajstić information content (AvgIpc) is 3.29. The third kappa shape index (κ3) is 3.32. The van der Waals surface area contributed by atoms with Crippen molar-refractivity contribution in [1.82, 2.24) is 5.32 Å². The lowest BCUT2D eigenvalue weighted by Gasteiger charge is -2.35. The molecular formula is C17H25FN2. The van der Waals surface area contributed by atoms with Gasteiger partial charge in [-0.05, 0) is 55.4 Å². The molecule has 1 heterocycles. The van der Waals surface area contributed by atoms with Crippen molar-refractivity contribution in [2.45, 2.75) is 51.6 Å². The minimum absolute atomic E-state index is 0.120. The summed E-state index contributed by atoms with van der Waals surface area (Å²) in [6.07, 6.45) is 6.38. The first-order valence-corrected chi connectivity index (χ1v) is 8.03. The Balaban J connectivity index is 1.75. The Kier molecular flexibility index (Phi) is 4.25. The van der Waals surface area contributed by atoms with Crippen LogP contribution < -0.4 is 10.2 Å². The summed E-state index contributed by atoms with van der Waals surface area (Å²) in [7, 11) is 0. The molecule has 3 heteroatoms. The van der Waals surface area contributed by atoms with E-state index < -0.39 is 0 Å². The van der Waals surface area contributed by atoms with Gasteiger partial charge in [0, 0.05) is 31.4 Å². The van der Waals surface area contributed by atoms with Crippen LogP contribution in [0, 0.1) is 11.7 Å². The number of nitrogens with zero attached hydrogens (tertiary/aromatic N) is 1. The molecule has 20 heavy (non-hydrogen) atoms. The van der Waals surface area contributed by atoms with Crippen LogP contribution in [0.5, 0.6) is 0 Å². The summed E-state index contributed by atoms with van der Waals surface area (Å²) in [5, 5.41) is 3.51. The molecule has 1 aromatic carbocycles. The fourth-order valence-electron chi connectivity index (χ4n) is 3.16. The summed E-state index contributed by atoms with van der Waals surface area (Å²) in [4.78, 5) is 2.46. The highest BCUT2D eigenvalue weighted by Crippen LogP contribution is 2.29. The monoisotopic (exact) mass is 276 g/mol. The Morgan fingerprint density at radius 2 is 2.15 bits per heavy atom. The Morgan fingerprint density at radius 1 is 1.30 bits per heavy atom. The molecule has 1 aromatic rings. The summed E-state index contributed by atoms with van der Waals surface area (Å²) in [6.45, 7) is 5.30. The smallest absolute Gasteiger partial charge is 0.123 e. The third-order valence-corrected chi connectivity index (χ3v) is 4.64. The number of hydrogen-bond acceptors (Lipinski definition) is 2. The van der Waals surface area contributed by atoms with Gasteiger partial charge in [-0.3, -0.25) is 0 Å². The van der Waals surface area contributed by atoms with Crippen LogP contribution in [0.25, 0.3) is 0 Å². The maximum atomic E-state index is 13.6. The molecule has 2 aliphatic rings. The zero-order valence-electron chi connectivity index (χ0n) is 12.4. The molecule has 1 aliphatic carbocycles. The van der Waals surface area contributed by atoms with E-state index in [1.165, 1.54) is 37.8 Å². The molecule has 1 aliphatic heterocycles. The molecule has 1 N–H and O–H groups in total. The van der Waals surface area contributed by atoms with Gasteiger partial charge in [-0.25, -0.2) is 4.39 Å². The lowest BCUT2D eigenvalue weighted by molar-refractivity contribution is 0.404. The van der Waals surface area contributed by atoms with E-state index in [4.69, 9.17) is 0 Å². The maximum Gasteiger partial charge on any atom is 0.123 e. The number of rotatable bonds is 5. The first-order chi connectivity index (χ1) is 9.76.